The van der Waals surface area contributed by atoms with Gasteiger partial charge in [-0.2, -0.15) is 5.10 Å². The lowest BCUT2D eigenvalue weighted by atomic mass is 10.1. The van der Waals surface area contributed by atoms with Crippen LogP contribution in [0, 0.1) is 5.82 Å². The lowest BCUT2D eigenvalue weighted by molar-refractivity contribution is 0.0954. The number of aromatic nitrogens is 2. The Labute approximate surface area is 121 Å². The second-order valence-corrected chi connectivity index (χ2v) is 4.80. The first-order valence-electron chi connectivity index (χ1n) is 6.68. The second-order valence-electron chi connectivity index (χ2n) is 4.80. The van der Waals surface area contributed by atoms with Crippen molar-refractivity contribution in [3.05, 3.63) is 65.6 Å². The van der Waals surface area contributed by atoms with E-state index in [4.69, 9.17) is 0 Å². The summed E-state index contributed by atoms with van der Waals surface area (Å²) in [5.74, 6) is -0.385. The molecule has 0 atom stereocenters. The number of aromatic amines is 1. The zero-order valence-corrected chi connectivity index (χ0v) is 11.3. The Morgan fingerprint density at radius 1 is 1.19 bits per heavy atom. The number of carbonyl (C=O) groups excluding carboxylic acids is 1. The summed E-state index contributed by atoms with van der Waals surface area (Å²) in [6.45, 7) is 0.505. The molecular formula is C16H14FN3O. The predicted molar refractivity (Wildman–Crippen MR) is 78.5 cm³/mol. The summed E-state index contributed by atoms with van der Waals surface area (Å²) in [7, 11) is 0. The van der Waals surface area contributed by atoms with Gasteiger partial charge in [0.2, 0.25) is 0 Å². The highest BCUT2D eigenvalue weighted by molar-refractivity contribution is 5.97. The van der Waals surface area contributed by atoms with Gasteiger partial charge in [0.15, 0.2) is 0 Å². The van der Waals surface area contributed by atoms with E-state index in [9.17, 15) is 9.18 Å². The SMILES string of the molecule is O=C(NCCc1ccc(F)cc1)c1ccc2cn[nH]c2c1. The smallest absolute Gasteiger partial charge is 0.251 e. The van der Waals surface area contributed by atoms with Gasteiger partial charge in [0.05, 0.1) is 11.7 Å². The number of carbonyl (C=O) groups is 1. The molecule has 5 heteroatoms. The first-order chi connectivity index (χ1) is 10.2. The molecule has 0 aliphatic rings. The van der Waals surface area contributed by atoms with Crippen LogP contribution in [-0.4, -0.2) is 22.6 Å². The number of rotatable bonds is 4. The van der Waals surface area contributed by atoms with E-state index in [1.807, 2.05) is 6.07 Å². The molecule has 2 N–H and O–H groups in total. The fourth-order valence-electron chi connectivity index (χ4n) is 2.15. The summed E-state index contributed by atoms with van der Waals surface area (Å²) in [5, 5.41) is 10.6. The molecule has 0 aliphatic heterocycles. The number of fused-ring (bicyclic) bond motifs is 1. The van der Waals surface area contributed by atoms with Crippen molar-refractivity contribution in [3.63, 3.8) is 0 Å². The molecule has 0 saturated heterocycles. The number of amides is 1. The number of nitrogens with one attached hydrogen (secondary N) is 2. The molecule has 3 aromatic rings. The van der Waals surface area contributed by atoms with Gasteiger partial charge in [0.1, 0.15) is 5.82 Å². The molecule has 0 spiro atoms. The second kappa shape index (κ2) is 5.75. The highest BCUT2D eigenvalue weighted by Crippen LogP contribution is 2.12. The number of nitrogens with zero attached hydrogens (tertiary/aromatic N) is 1. The molecule has 0 radical (unpaired) electrons. The summed E-state index contributed by atoms with van der Waals surface area (Å²) >= 11 is 0. The number of H-pyrrole nitrogens is 1. The van der Waals surface area contributed by atoms with Gasteiger partial charge in [-0.15, -0.1) is 0 Å². The monoisotopic (exact) mass is 283 g/mol. The topological polar surface area (TPSA) is 57.8 Å². The van der Waals surface area contributed by atoms with Crippen molar-refractivity contribution >= 4 is 16.8 Å². The van der Waals surface area contributed by atoms with E-state index in [1.165, 1.54) is 12.1 Å². The first kappa shape index (κ1) is 13.3. The van der Waals surface area contributed by atoms with E-state index in [-0.39, 0.29) is 11.7 Å². The normalized spacial score (nSPS) is 10.7. The van der Waals surface area contributed by atoms with Crippen LogP contribution in [0.25, 0.3) is 10.9 Å². The summed E-state index contributed by atoms with van der Waals surface area (Å²) in [6, 6.07) is 11.7. The first-order valence-corrected chi connectivity index (χ1v) is 6.68. The molecule has 4 nitrogen and oxygen atoms in total. The fourth-order valence-corrected chi connectivity index (χ4v) is 2.15. The molecule has 0 aliphatic carbocycles. The number of benzene rings is 2. The largest absolute Gasteiger partial charge is 0.352 e. The highest BCUT2D eigenvalue weighted by Gasteiger charge is 2.06. The third-order valence-corrected chi connectivity index (χ3v) is 3.32. The van der Waals surface area contributed by atoms with Crippen LogP contribution in [0.2, 0.25) is 0 Å². The zero-order chi connectivity index (χ0) is 14.7. The Kier molecular flexibility index (Phi) is 3.64. The molecule has 21 heavy (non-hydrogen) atoms. The molecule has 0 fully saturated rings. The van der Waals surface area contributed by atoms with Gasteiger partial charge in [0.25, 0.3) is 5.91 Å². The van der Waals surface area contributed by atoms with Crippen molar-refractivity contribution in [2.24, 2.45) is 0 Å². The standard InChI is InChI=1S/C16H14FN3O/c17-14-5-1-11(2-6-14)7-8-18-16(21)12-3-4-13-10-19-20-15(13)9-12/h1-6,9-10H,7-8H2,(H,18,21)(H,19,20). The van der Waals surface area contributed by atoms with E-state index >= 15 is 0 Å². The molecular weight excluding hydrogens is 269 g/mol. The van der Waals surface area contributed by atoms with Gasteiger partial charge in [-0.3, -0.25) is 9.89 Å². The maximum absolute atomic E-state index is 12.8. The third-order valence-electron chi connectivity index (χ3n) is 3.32. The van der Waals surface area contributed by atoms with Crippen molar-refractivity contribution < 1.29 is 9.18 Å². The predicted octanol–water partition coefficient (Wildman–Crippen LogP) is 2.67. The van der Waals surface area contributed by atoms with Crippen LogP contribution in [0.15, 0.2) is 48.7 Å². The minimum Gasteiger partial charge on any atom is -0.352 e. The van der Waals surface area contributed by atoms with Gasteiger partial charge in [-0.25, -0.2) is 4.39 Å². The minimum atomic E-state index is -0.254. The van der Waals surface area contributed by atoms with Gasteiger partial charge in [0, 0.05) is 17.5 Å². The molecule has 3 rings (SSSR count). The highest BCUT2D eigenvalue weighted by atomic mass is 19.1. The summed E-state index contributed by atoms with van der Waals surface area (Å²) < 4.78 is 12.8. The van der Waals surface area contributed by atoms with Crippen molar-refractivity contribution in [3.8, 4) is 0 Å². The Morgan fingerprint density at radius 2 is 2.00 bits per heavy atom. The van der Waals surface area contributed by atoms with Crippen LogP contribution >= 0.6 is 0 Å². The molecule has 1 aromatic heterocycles. The van der Waals surface area contributed by atoms with Crippen LogP contribution in [0.1, 0.15) is 15.9 Å². The number of halogens is 1. The Morgan fingerprint density at radius 3 is 2.81 bits per heavy atom. The van der Waals surface area contributed by atoms with E-state index in [1.54, 1.807) is 30.5 Å². The van der Waals surface area contributed by atoms with E-state index in [0.29, 0.717) is 18.5 Å². The van der Waals surface area contributed by atoms with Gasteiger partial charge >= 0.3 is 0 Å². The summed E-state index contributed by atoms with van der Waals surface area (Å²) in [5.41, 5.74) is 2.41. The molecule has 0 saturated carbocycles. The lowest BCUT2D eigenvalue weighted by Crippen LogP contribution is -2.25. The lowest BCUT2D eigenvalue weighted by Gasteiger charge is -2.05. The average Bonchev–Trinajstić information content (AvgIpc) is 2.96. The molecule has 2 aromatic carbocycles. The van der Waals surface area contributed by atoms with E-state index < -0.39 is 0 Å². The third kappa shape index (κ3) is 3.08. The van der Waals surface area contributed by atoms with Crippen LogP contribution in [0.5, 0.6) is 0 Å². The number of hydrogen-bond acceptors (Lipinski definition) is 2. The fraction of sp³-hybridized carbons (Fsp3) is 0.125. The maximum atomic E-state index is 12.8. The van der Waals surface area contributed by atoms with Crippen LogP contribution in [0.4, 0.5) is 4.39 Å². The zero-order valence-electron chi connectivity index (χ0n) is 11.3. The van der Waals surface area contributed by atoms with Gasteiger partial charge in [-0.1, -0.05) is 18.2 Å². The number of hydrogen-bond donors (Lipinski definition) is 2. The van der Waals surface area contributed by atoms with Gasteiger partial charge < -0.3 is 5.32 Å². The van der Waals surface area contributed by atoms with Crippen molar-refractivity contribution in [1.82, 2.24) is 15.5 Å². The van der Waals surface area contributed by atoms with Gasteiger partial charge in [-0.05, 0) is 36.2 Å². The summed E-state index contributed by atoms with van der Waals surface area (Å²) in [6.07, 6.45) is 2.38. The molecule has 0 bridgehead atoms. The molecule has 1 heterocycles. The minimum absolute atomic E-state index is 0.131. The Bertz CT molecular complexity index is 765. The Hall–Kier alpha value is -2.69. The van der Waals surface area contributed by atoms with Crippen molar-refractivity contribution in [2.75, 3.05) is 6.54 Å². The molecule has 106 valence electrons. The maximum Gasteiger partial charge on any atom is 0.251 e. The van der Waals surface area contributed by atoms with Crippen molar-refractivity contribution in [1.29, 1.82) is 0 Å². The van der Waals surface area contributed by atoms with E-state index in [0.717, 1.165) is 16.5 Å². The Balaban J connectivity index is 1.59. The molecule has 0 unspecified atom stereocenters. The quantitative estimate of drug-likeness (QED) is 0.773. The van der Waals surface area contributed by atoms with E-state index in [2.05, 4.69) is 15.5 Å². The summed E-state index contributed by atoms with van der Waals surface area (Å²) in [4.78, 5) is 12.0. The molecule has 1 amide bonds. The van der Waals surface area contributed by atoms with Crippen LogP contribution < -0.4 is 5.32 Å². The van der Waals surface area contributed by atoms with Crippen LogP contribution in [0.3, 0.4) is 0 Å². The van der Waals surface area contributed by atoms with Crippen molar-refractivity contribution in [2.45, 2.75) is 6.42 Å². The van der Waals surface area contributed by atoms with Crippen LogP contribution in [-0.2, 0) is 6.42 Å². The average molecular weight is 283 g/mol.